The van der Waals surface area contributed by atoms with Crippen molar-refractivity contribution >= 4 is 35.1 Å². The van der Waals surface area contributed by atoms with Gasteiger partial charge in [-0.25, -0.2) is 9.59 Å². The minimum Gasteiger partial charge on any atom is -0.473 e. The Labute approximate surface area is 113 Å². The Morgan fingerprint density at radius 1 is 1.17 bits per heavy atom. The fraction of sp³-hybridized carbons (Fsp3) is 0.200. The second kappa shape index (κ2) is 7.88. The Morgan fingerprint density at radius 2 is 1.67 bits per heavy atom. The first-order valence-corrected chi connectivity index (χ1v) is 5.34. The highest BCUT2D eigenvalue weighted by molar-refractivity contribution is 6.42. The molecule has 0 saturated carbocycles. The van der Waals surface area contributed by atoms with E-state index in [2.05, 4.69) is 0 Å². The third-order valence-electron chi connectivity index (χ3n) is 1.73. The van der Waals surface area contributed by atoms with Gasteiger partial charge in [0.25, 0.3) is 0 Å². The predicted octanol–water partition coefficient (Wildman–Crippen LogP) is 1.14. The number of aliphatic hydroxyl groups excluding tert-OH is 1. The normalized spacial score (nSPS) is 11.1. The Bertz CT molecular complexity index is 426. The Kier molecular flexibility index (Phi) is 7.30. The molecule has 0 saturated heterocycles. The van der Waals surface area contributed by atoms with Gasteiger partial charge >= 0.3 is 11.9 Å². The number of benzene rings is 1. The number of rotatable bonds is 2. The number of aliphatic hydroxyl groups is 1. The number of carboxylic acids is 2. The molecule has 1 aromatic rings. The molecule has 0 radical (unpaired) electrons. The van der Waals surface area contributed by atoms with E-state index in [1.165, 1.54) is 0 Å². The average Bonchev–Trinajstić information content (AvgIpc) is 2.32. The van der Waals surface area contributed by atoms with Gasteiger partial charge in [-0.3, -0.25) is 0 Å². The maximum atomic E-state index is 9.32. The number of hydrogen-bond donors (Lipinski definition) is 4. The summed E-state index contributed by atoms with van der Waals surface area (Å²) >= 11 is 11.4. The quantitative estimate of drug-likeness (QED) is 0.607. The number of nitrogens with two attached hydrogens (primary N) is 1. The molecule has 1 aromatic carbocycles. The predicted molar refractivity (Wildman–Crippen MR) is 65.7 cm³/mol. The van der Waals surface area contributed by atoms with E-state index in [1.807, 2.05) is 0 Å². The van der Waals surface area contributed by atoms with Gasteiger partial charge in [0.15, 0.2) is 0 Å². The van der Waals surface area contributed by atoms with Crippen LogP contribution in [0.2, 0.25) is 10.0 Å². The molecular weight excluding hydrogens is 285 g/mol. The molecule has 0 aliphatic carbocycles. The zero-order chi connectivity index (χ0) is 14.3. The minimum atomic E-state index is -1.82. The van der Waals surface area contributed by atoms with E-state index >= 15 is 0 Å². The summed E-state index contributed by atoms with van der Waals surface area (Å²) in [6, 6.07) is 4.95. The van der Waals surface area contributed by atoms with Crippen molar-refractivity contribution in [2.24, 2.45) is 5.73 Å². The maximum absolute atomic E-state index is 9.32. The molecule has 1 unspecified atom stereocenters. The third-order valence-corrected chi connectivity index (χ3v) is 2.47. The lowest BCUT2D eigenvalue weighted by atomic mass is 10.1. The first-order valence-electron chi connectivity index (χ1n) is 4.58. The molecule has 0 fully saturated rings. The lowest BCUT2D eigenvalue weighted by molar-refractivity contribution is -0.159. The van der Waals surface area contributed by atoms with Crippen LogP contribution in [0.15, 0.2) is 18.2 Å². The van der Waals surface area contributed by atoms with E-state index in [-0.39, 0.29) is 6.54 Å². The van der Waals surface area contributed by atoms with E-state index in [1.54, 1.807) is 18.2 Å². The Morgan fingerprint density at radius 3 is 2.00 bits per heavy atom. The summed E-state index contributed by atoms with van der Waals surface area (Å²) in [4.78, 5) is 18.2. The molecule has 0 heterocycles. The molecular formula is C10H11Cl2NO5. The van der Waals surface area contributed by atoms with Crippen molar-refractivity contribution in [3.8, 4) is 0 Å². The van der Waals surface area contributed by atoms with Gasteiger partial charge in [0.2, 0.25) is 0 Å². The van der Waals surface area contributed by atoms with Crippen molar-refractivity contribution < 1.29 is 24.9 Å². The van der Waals surface area contributed by atoms with Crippen molar-refractivity contribution in [2.75, 3.05) is 6.54 Å². The van der Waals surface area contributed by atoms with Gasteiger partial charge < -0.3 is 21.1 Å². The first-order chi connectivity index (χ1) is 8.29. The summed E-state index contributed by atoms with van der Waals surface area (Å²) in [6.45, 7) is 0.179. The van der Waals surface area contributed by atoms with E-state index in [9.17, 15) is 5.11 Å². The standard InChI is InChI=1S/C8H9Cl2NO.C2H2O4/c9-6-2-1-5(3-7(6)10)8(12)4-11;3-1(4)2(5)6/h1-3,8,12H,4,11H2;(H,3,4)(H,5,6). The van der Waals surface area contributed by atoms with Crippen LogP contribution in [-0.4, -0.2) is 33.8 Å². The van der Waals surface area contributed by atoms with Gasteiger partial charge in [0.1, 0.15) is 0 Å². The third kappa shape index (κ3) is 5.83. The highest BCUT2D eigenvalue weighted by Crippen LogP contribution is 2.25. The average molecular weight is 296 g/mol. The summed E-state index contributed by atoms with van der Waals surface area (Å²) in [5, 5.41) is 25.0. The summed E-state index contributed by atoms with van der Waals surface area (Å²) in [5.41, 5.74) is 5.95. The van der Waals surface area contributed by atoms with Gasteiger partial charge in [-0.2, -0.15) is 0 Å². The number of aliphatic carboxylic acids is 2. The molecule has 6 nitrogen and oxygen atoms in total. The minimum absolute atomic E-state index is 0.179. The van der Waals surface area contributed by atoms with Crippen LogP contribution >= 0.6 is 23.2 Å². The first kappa shape index (κ1) is 16.7. The molecule has 1 rings (SSSR count). The van der Waals surface area contributed by atoms with Crippen molar-refractivity contribution in [2.45, 2.75) is 6.10 Å². The smallest absolute Gasteiger partial charge is 0.414 e. The molecule has 0 bridgehead atoms. The van der Waals surface area contributed by atoms with Gasteiger partial charge in [0.05, 0.1) is 16.1 Å². The van der Waals surface area contributed by atoms with Crippen molar-refractivity contribution in [1.29, 1.82) is 0 Å². The zero-order valence-electron chi connectivity index (χ0n) is 9.01. The molecule has 0 aliphatic rings. The maximum Gasteiger partial charge on any atom is 0.414 e. The van der Waals surface area contributed by atoms with E-state index < -0.39 is 18.0 Å². The highest BCUT2D eigenvalue weighted by Gasteiger charge is 2.06. The fourth-order valence-corrected chi connectivity index (χ4v) is 1.16. The molecule has 0 spiro atoms. The van der Waals surface area contributed by atoms with Crippen molar-refractivity contribution in [1.82, 2.24) is 0 Å². The number of carboxylic acid groups (broad SMARTS) is 2. The van der Waals surface area contributed by atoms with Crippen molar-refractivity contribution in [3.63, 3.8) is 0 Å². The second-order valence-corrected chi connectivity index (χ2v) is 3.85. The number of hydrogen-bond acceptors (Lipinski definition) is 4. The van der Waals surface area contributed by atoms with Crippen LogP contribution in [0.4, 0.5) is 0 Å². The van der Waals surface area contributed by atoms with Gasteiger partial charge in [-0.05, 0) is 17.7 Å². The summed E-state index contributed by atoms with van der Waals surface area (Å²) in [5.74, 6) is -3.65. The van der Waals surface area contributed by atoms with E-state index in [0.29, 0.717) is 15.6 Å². The van der Waals surface area contributed by atoms with Crippen LogP contribution in [-0.2, 0) is 9.59 Å². The SMILES string of the molecule is NCC(O)c1ccc(Cl)c(Cl)c1.O=C(O)C(=O)O. The Hall–Kier alpha value is -1.34. The number of halogens is 2. The van der Waals surface area contributed by atoms with E-state index in [4.69, 9.17) is 48.7 Å². The van der Waals surface area contributed by atoms with Crippen LogP contribution in [0.3, 0.4) is 0 Å². The number of carbonyl (C=O) groups is 2. The van der Waals surface area contributed by atoms with Crippen LogP contribution in [0, 0.1) is 0 Å². The Balaban J connectivity index is 0.000000411. The molecule has 8 heteroatoms. The van der Waals surface area contributed by atoms with Crippen LogP contribution in [0.5, 0.6) is 0 Å². The lowest BCUT2D eigenvalue weighted by Gasteiger charge is -2.08. The van der Waals surface area contributed by atoms with E-state index in [0.717, 1.165) is 0 Å². The zero-order valence-corrected chi connectivity index (χ0v) is 10.5. The monoisotopic (exact) mass is 295 g/mol. The molecule has 18 heavy (non-hydrogen) atoms. The largest absolute Gasteiger partial charge is 0.473 e. The molecule has 100 valence electrons. The van der Waals surface area contributed by atoms with Crippen LogP contribution < -0.4 is 5.73 Å². The lowest BCUT2D eigenvalue weighted by Crippen LogP contribution is -2.11. The second-order valence-electron chi connectivity index (χ2n) is 3.04. The van der Waals surface area contributed by atoms with Crippen LogP contribution in [0.25, 0.3) is 0 Å². The topological polar surface area (TPSA) is 121 Å². The highest BCUT2D eigenvalue weighted by atomic mass is 35.5. The summed E-state index contributed by atoms with van der Waals surface area (Å²) in [7, 11) is 0. The fourth-order valence-electron chi connectivity index (χ4n) is 0.856. The van der Waals surface area contributed by atoms with Gasteiger partial charge in [0, 0.05) is 6.54 Å². The molecule has 0 aliphatic heterocycles. The summed E-state index contributed by atoms with van der Waals surface area (Å²) < 4.78 is 0. The van der Waals surface area contributed by atoms with Gasteiger partial charge in [-0.1, -0.05) is 29.3 Å². The van der Waals surface area contributed by atoms with Crippen molar-refractivity contribution in [3.05, 3.63) is 33.8 Å². The molecule has 0 aromatic heterocycles. The van der Waals surface area contributed by atoms with Crippen LogP contribution in [0.1, 0.15) is 11.7 Å². The molecule has 1 atom stereocenters. The molecule has 5 N–H and O–H groups in total. The molecule has 0 amide bonds. The van der Waals surface area contributed by atoms with Gasteiger partial charge in [-0.15, -0.1) is 0 Å². The summed E-state index contributed by atoms with van der Waals surface area (Å²) in [6.07, 6.45) is -0.667.